The van der Waals surface area contributed by atoms with Gasteiger partial charge in [0.2, 0.25) is 0 Å². The lowest BCUT2D eigenvalue weighted by molar-refractivity contribution is 0.260. The van der Waals surface area contributed by atoms with Gasteiger partial charge in [-0.1, -0.05) is 26.0 Å². The molecule has 1 aliphatic heterocycles. The van der Waals surface area contributed by atoms with Gasteiger partial charge in [-0.3, -0.25) is 0 Å². The van der Waals surface area contributed by atoms with Crippen molar-refractivity contribution in [2.24, 2.45) is 5.92 Å². The Hall–Kier alpha value is -0.730. The smallest absolute Gasteiger partial charge is 0.119 e. The van der Waals surface area contributed by atoms with Crippen LogP contribution >= 0.6 is 12.4 Å². The number of hydrogen-bond acceptors (Lipinski definition) is 2. The molecule has 1 N–H and O–H groups in total. The molecule has 1 heterocycles. The molecule has 0 unspecified atom stereocenters. The van der Waals surface area contributed by atoms with E-state index in [1.807, 2.05) is 6.07 Å². The molecule has 17 heavy (non-hydrogen) atoms. The maximum Gasteiger partial charge on any atom is 0.119 e. The molecule has 0 amide bonds. The second-order valence-corrected chi connectivity index (χ2v) is 4.90. The Bertz CT molecular complexity index is 335. The third kappa shape index (κ3) is 4.21. The van der Waals surface area contributed by atoms with Gasteiger partial charge in [-0.15, -0.1) is 12.4 Å². The molecule has 1 aromatic carbocycles. The fraction of sp³-hybridized carbons (Fsp3) is 0.571. The molecule has 96 valence electrons. The van der Waals surface area contributed by atoms with Gasteiger partial charge in [-0.2, -0.15) is 0 Å². The van der Waals surface area contributed by atoms with E-state index in [1.165, 1.54) is 12.0 Å². The summed E-state index contributed by atoms with van der Waals surface area (Å²) in [7, 11) is 0. The van der Waals surface area contributed by atoms with Gasteiger partial charge in [0.05, 0.1) is 6.61 Å². The number of benzene rings is 1. The minimum Gasteiger partial charge on any atom is -0.493 e. The number of ether oxygens (including phenoxy) is 1. The summed E-state index contributed by atoms with van der Waals surface area (Å²) in [5, 5.41) is 3.36. The van der Waals surface area contributed by atoms with Crippen molar-refractivity contribution in [2.45, 2.75) is 26.2 Å². The van der Waals surface area contributed by atoms with Crippen molar-refractivity contribution < 1.29 is 4.74 Å². The van der Waals surface area contributed by atoms with E-state index < -0.39 is 0 Å². The molecule has 3 heteroatoms. The lowest BCUT2D eigenvalue weighted by Gasteiger charge is -2.12. The quantitative estimate of drug-likeness (QED) is 0.892. The van der Waals surface area contributed by atoms with Gasteiger partial charge in [-0.05, 0) is 36.6 Å². The van der Waals surface area contributed by atoms with Crippen LogP contribution in [0, 0.1) is 5.92 Å². The Morgan fingerprint density at radius 2 is 2.24 bits per heavy atom. The predicted octanol–water partition coefficient (Wildman–Crippen LogP) is 3.22. The lowest BCUT2D eigenvalue weighted by atomic mass is 10.0. The Labute approximate surface area is 110 Å². The minimum atomic E-state index is 0. The monoisotopic (exact) mass is 255 g/mol. The topological polar surface area (TPSA) is 21.3 Å². The second-order valence-electron chi connectivity index (χ2n) is 4.90. The van der Waals surface area contributed by atoms with Crippen LogP contribution in [0.2, 0.25) is 0 Å². The van der Waals surface area contributed by atoms with Crippen LogP contribution in [0.5, 0.6) is 5.75 Å². The van der Waals surface area contributed by atoms with E-state index >= 15 is 0 Å². The third-order valence-corrected chi connectivity index (χ3v) is 3.17. The van der Waals surface area contributed by atoms with Crippen molar-refractivity contribution in [1.82, 2.24) is 5.32 Å². The van der Waals surface area contributed by atoms with Crippen LogP contribution in [-0.4, -0.2) is 19.7 Å². The molecule has 0 aromatic heterocycles. The van der Waals surface area contributed by atoms with Crippen molar-refractivity contribution >= 4 is 12.4 Å². The largest absolute Gasteiger partial charge is 0.493 e. The van der Waals surface area contributed by atoms with Crippen LogP contribution in [0.15, 0.2) is 24.3 Å². The molecule has 0 aliphatic carbocycles. The Morgan fingerprint density at radius 1 is 1.41 bits per heavy atom. The molecule has 1 aromatic rings. The summed E-state index contributed by atoms with van der Waals surface area (Å²) >= 11 is 0. The Morgan fingerprint density at radius 3 is 2.88 bits per heavy atom. The highest BCUT2D eigenvalue weighted by atomic mass is 35.5. The van der Waals surface area contributed by atoms with Gasteiger partial charge >= 0.3 is 0 Å². The minimum absolute atomic E-state index is 0. The van der Waals surface area contributed by atoms with Crippen molar-refractivity contribution in [3.8, 4) is 5.75 Å². The van der Waals surface area contributed by atoms with Crippen LogP contribution < -0.4 is 10.1 Å². The van der Waals surface area contributed by atoms with Crippen LogP contribution in [0.25, 0.3) is 0 Å². The molecule has 1 atom stereocenters. The highest BCUT2D eigenvalue weighted by molar-refractivity contribution is 5.85. The number of hydrogen-bond donors (Lipinski definition) is 1. The molecule has 0 radical (unpaired) electrons. The van der Waals surface area contributed by atoms with E-state index in [0.29, 0.717) is 11.8 Å². The van der Waals surface area contributed by atoms with E-state index in [9.17, 15) is 0 Å². The zero-order valence-electron chi connectivity index (χ0n) is 10.6. The maximum absolute atomic E-state index is 5.84. The summed E-state index contributed by atoms with van der Waals surface area (Å²) < 4.78 is 5.84. The first-order chi connectivity index (χ1) is 7.75. The highest BCUT2D eigenvalue weighted by Crippen LogP contribution is 2.21. The van der Waals surface area contributed by atoms with Gasteiger partial charge in [0, 0.05) is 12.5 Å². The van der Waals surface area contributed by atoms with E-state index in [2.05, 4.69) is 37.4 Å². The first kappa shape index (κ1) is 14.3. The van der Waals surface area contributed by atoms with E-state index in [0.717, 1.165) is 25.4 Å². The summed E-state index contributed by atoms with van der Waals surface area (Å²) in [6.07, 6.45) is 1.24. The van der Waals surface area contributed by atoms with Crippen LogP contribution in [0.3, 0.4) is 0 Å². The third-order valence-electron chi connectivity index (χ3n) is 3.17. The predicted molar refractivity (Wildman–Crippen MR) is 74.3 cm³/mol. The molecule has 0 spiro atoms. The molecule has 0 bridgehead atoms. The molecular formula is C14H22ClNO. The standard InChI is InChI=1S/C14H21NO.ClH/c1-11(2)13-4-3-5-14(8-13)16-10-12-6-7-15-9-12;/h3-5,8,11-12,15H,6-7,9-10H2,1-2H3;1H/t12-;/m0./s1. The molecule has 1 saturated heterocycles. The highest BCUT2D eigenvalue weighted by Gasteiger charge is 2.14. The maximum atomic E-state index is 5.84. The summed E-state index contributed by atoms with van der Waals surface area (Å²) in [6.45, 7) is 7.50. The van der Waals surface area contributed by atoms with Gasteiger partial charge in [-0.25, -0.2) is 0 Å². The molecular weight excluding hydrogens is 234 g/mol. The van der Waals surface area contributed by atoms with Gasteiger partial charge in [0.15, 0.2) is 0 Å². The summed E-state index contributed by atoms with van der Waals surface area (Å²) in [5.41, 5.74) is 1.35. The van der Waals surface area contributed by atoms with Gasteiger partial charge < -0.3 is 10.1 Å². The fourth-order valence-electron chi connectivity index (χ4n) is 2.03. The number of rotatable bonds is 4. The van der Waals surface area contributed by atoms with Crippen LogP contribution in [-0.2, 0) is 0 Å². The van der Waals surface area contributed by atoms with E-state index in [4.69, 9.17) is 4.74 Å². The molecule has 2 rings (SSSR count). The van der Waals surface area contributed by atoms with Gasteiger partial charge in [0.1, 0.15) is 5.75 Å². The average molecular weight is 256 g/mol. The fourth-order valence-corrected chi connectivity index (χ4v) is 2.03. The number of nitrogens with one attached hydrogen (secondary N) is 1. The number of halogens is 1. The Balaban J connectivity index is 0.00000144. The van der Waals surface area contributed by atoms with Crippen LogP contribution in [0.4, 0.5) is 0 Å². The molecule has 1 fully saturated rings. The molecule has 1 aliphatic rings. The van der Waals surface area contributed by atoms with Crippen molar-refractivity contribution in [1.29, 1.82) is 0 Å². The SMILES string of the molecule is CC(C)c1cccc(OC[C@H]2CCNC2)c1.Cl. The normalized spacial score (nSPS) is 19.1. The molecule has 2 nitrogen and oxygen atoms in total. The zero-order chi connectivity index (χ0) is 11.4. The molecule has 0 saturated carbocycles. The van der Waals surface area contributed by atoms with Crippen molar-refractivity contribution in [2.75, 3.05) is 19.7 Å². The van der Waals surface area contributed by atoms with Crippen molar-refractivity contribution in [3.63, 3.8) is 0 Å². The summed E-state index contributed by atoms with van der Waals surface area (Å²) in [5.74, 6) is 2.26. The first-order valence-corrected chi connectivity index (χ1v) is 6.19. The summed E-state index contributed by atoms with van der Waals surface area (Å²) in [6, 6.07) is 8.45. The zero-order valence-corrected chi connectivity index (χ0v) is 11.4. The lowest BCUT2D eigenvalue weighted by Crippen LogP contribution is -2.15. The average Bonchev–Trinajstić information content (AvgIpc) is 2.79. The van der Waals surface area contributed by atoms with Crippen LogP contribution in [0.1, 0.15) is 31.7 Å². The van der Waals surface area contributed by atoms with Gasteiger partial charge in [0.25, 0.3) is 0 Å². The second kappa shape index (κ2) is 6.87. The first-order valence-electron chi connectivity index (χ1n) is 6.19. The van der Waals surface area contributed by atoms with E-state index in [-0.39, 0.29) is 12.4 Å². The van der Waals surface area contributed by atoms with E-state index in [1.54, 1.807) is 0 Å². The van der Waals surface area contributed by atoms with Crippen molar-refractivity contribution in [3.05, 3.63) is 29.8 Å². The summed E-state index contributed by atoms with van der Waals surface area (Å²) in [4.78, 5) is 0. The Kier molecular flexibility index (Phi) is 5.79.